The van der Waals surface area contributed by atoms with Crippen molar-refractivity contribution in [2.75, 3.05) is 0 Å². The van der Waals surface area contributed by atoms with Crippen molar-refractivity contribution >= 4 is 11.9 Å². The third-order valence-corrected chi connectivity index (χ3v) is 3.04. The van der Waals surface area contributed by atoms with E-state index >= 15 is 0 Å². The number of aliphatic hydroxyl groups is 1. The van der Waals surface area contributed by atoms with Crippen LogP contribution in [0.5, 0.6) is 0 Å². The number of amides is 1. The maximum Gasteiger partial charge on any atom is 0.338 e. The predicted octanol–water partition coefficient (Wildman–Crippen LogP) is 1.63. The molecule has 6 nitrogen and oxygen atoms in total. The van der Waals surface area contributed by atoms with Gasteiger partial charge in [-0.25, -0.2) is 4.79 Å². The molecule has 0 spiro atoms. The Kier molecular flexibility index (Phi) is 5.32. The van der Waals surface area contributed by atoms with Crippen molar-refractivity contribution in [2.45, 2.75) is 26.2 Å². The maximum atomic E-state index is 11.9. The number of carbonyl (C=O) groups excluding carboxylic acids is 2. The molecule has 0 fully saturated rings. The Morgan fingerprint density at radius 1 is 1.27 bits per heavy atom. The van der Waals surface area contributed by atoms with Gasteiger partial charge in [0.15, 0.2) is 6.10 Å². The lowest BCUT2D eigenvalue weighted by Gasteiger charge is -2.13. The number of ether oxygens (including phenoxy) is 1. The van der Waals surface area contributed by atoms with E-state index < -0.39 is 18.0 Å². The molecule has 0 aliphatic rings. The van der Waals surface area contributed by atoms with Gasteiger partial charge in [0, 0.05) is 0 Å². The first-order valence-corrected chi connectivity index (χ1v) is 6.81. The van der Waals surface area contributed by atoms with E-state index in [0.717, 1.165) is 0 Å². The van der Waals surface area contributed by atoms with Gasteiger partial charge in [-0.2, -0.15) is 0 Å². The predicted molar refractivity (Wildman–Crippen MR) is 77.8 cm³/mol. The minimum absolute atomic E-state index is 0.0963. The number of hydrogen-bond donors (Lipinski definition) is 2. The van der Waals surface area contributed by atoms with Crippen molar-refractivity contribution in [1.29, 1.82) is 0 Å². The van der Waals surface area contributed by atoms with Crippen LogP contribution in [0, 0.1) is 0 Å². The second-order valence-corrected chi connectivity index (χ2v) is 4.70. The molecule has 1 heterocycles. The summed E-state index contributed by atoms with van der Waals surface area (Å²) >= 11 is 0. The van der Waals surface area contributed by atoms with Gasteiger partial charge in [0.2, 0.25) is 0 Å². The van der Waals surface area contributed by atoms with Gasteiger partial charge in [-0.1, -0.05) is 12.1 Å². The number of carbonyl (C=O) groups is 2. The zero-order chi connectivity index (χ0) is 15.9. The van der Waals surface area contributed by atoms with Gasteiger partial charge >= 0.3 is 5.97 Å². The van der Waals surface area contributed by atoms with E-state index in [-0.39, 0.29) is 13.2 Å². The number of aliphatic hydroxyl groups excluding tert-OH is 1. The summed E-state index contributed by atoms with van der Waals surface area (Å²) in [6.45, 7) is 1.64. The lowest BCUT2D eigenvalue weighted by Crippen LogP contribution is -2.35. The van der Waals surface area contributed by atoms with Crippen molar-refractivity contribution in [3.05, 3.63) is 59.5 Å². The normalized spacial score (nSPS) is 11.7. The third-order valence-electron chi connectivity index (χ3n) is 3.04. The summed E-state index contributed by atoms with van der Waals surface area (Å²) in [6.07, 6.45) is 0.598. The molecule has 2 aromatic rings. The zero-order valence-corrected chi connectivity index (χ0v) is 12.1. The van der Waals surface area contributed by atoms with Crippen molar-refractivity contribution in [2.24, 2.45) is 0 Å². The van der Waals surface area contributed by atoms with Gasteiger partial charge in [-0.05, 0) is 36.8 Å². The summed E-state index contributed by atoms with van der Waals surface area (Å²) in [5, 5.41) is 11.6. The Morgan fingerprint density at radius 3 is 2.59 bits per heavy atom. The highest BCUT2D eigenvalue weighted by Crippen LogP contribution is 2.08. The summed E-state index contributed by atoms with van der Waals surface area (Å²) < 4.78 is 10.2. The first kappa shape index (κ1) is 15.8. The highest BCUT2D eigenvalue weighted by molar-refractivity contribution is 5.92. The van der Waals surface area contributed by atoms with Crippen LogP contribution in [-0.2, 0) is 22.7 Å². The fraction of sp³-hybridized carbons (Fsp3) is 0.250. The average Bonchev–Trinajstić information content (AvgIpc) is 3.06. The van der Waals surface area contributed by atoms with Crippen LogP contribution in [0.1, 0.15) is 28.6 Å². The molecule has 6 heteroatoms. The smallest absolute Gasteiger partial charge is 0.338 e. The maximum absolute atomic E-state index is 11.9. The summed E-state index contributed by atoms with van der Waals surface area (Å²) in [6, 6.07) is 9.79. The molecule has 0 saturated carbocycles. The zero-order valence-electron chi connectivity index (χ0n) is 12.1. The molecule has 0 unspecified atom stereocenters. The van der Waals surface area contributed by atoms with Gasteiger partial charge < -0.3 is 19.6 Å². The summed E-state index contributed by atoms with van der Waals surface area (Å²) in [7, 11) is 0. The molecule has 0 bridgehead atoms. The first-order chi connectivity index (χ1) is 10.6. The number of esters is 1. The van der Waals surface area contributed by atoms with Gasteiger partial charge in [0.1, 0.15) is 5.76 Å². The third kappa shape index (κ3) is 4.20. The van der Waals surface area contributed by atoms with Crippen LogP contribution in [0.15, 0.2) is 47.1 Å². The fourth-order valence-corrected chi connectivity index (χ4v) is 1.76. The van der Waals surface area contributed by atoms with E-state index in [9.17, 15) is 9.59 Å². The van der Waals surface area contributed by atoms with Crippen LogP contribution in [0.3, 0.4) is 0 Å². The SMILES string of the molecule is C[C@H](OC(=O)c1ccc(CO)cc1)C(=O)NCc1ccco1. The second kappa shape index (κ2) is 7.42. The molecule has 0 radical (unpaired) electrons. The molecule has 1 amide bonds. The van der Waals surface area contributed by atoms with E-state index in [1.165, 1.54) is 13.2 Å². The van der Waals surface area contributed by atoms with Gasteiger partial charge in [0.25, 0.3) is 5.91 Å². The molecule has 0 aliphatic carbocycles. The Labute approximate surface area is 127 Å². The van der Waals surface area contributed by atoms with Gasteiger partial charge in [-0.3, -0.25) is 4.79 Å². The molecule has 1 atom stereocenters. The number of hydrogen-bond acceptors (Lipinski definition) is 5. The molecule has 2 N–H and O–H groups in total. The Morgan fingerprint density at radius 2 is 2.00 bits per heavy atom. The first-order valence-electron chi connectivity index (χ1n) is 6.81. The summed E-state index contributed by atoms with van der Waals surface area (Å²) in [4.78, 5) is 23.8. The lowest BCUT2D eigenvalue weighted by molar-refractivity contribution is -0.129. The molecular weight excluding hydrogens is 286 g/mol. The van der Waals surface area contributed by atoms with Crippen LogP contribution >= 0.6 is 0 Å². The van der Waals surface area contributed by atoms with Gasteiger partial charge in [-0.15, -0.1) is 0 Å². The molecule has 22 heavy (non-hydrogen) atoms. The van der Waals surface area contributed by atoms with Crippen molar-refractivity contribution in [1.82, 2.24) is 5.32 Å². The topological polar surface area (TPSA) is 88.8 Å². The van der Waals surface area contributed by atoms with Crippen LogP contribution in [0.25, 0.3) is 0 Å². The quantitative estimate of drug-likeness (QED) is 0.792. The molecule has 2 rings (SSSR count). The molecule has 116 valence electrons. The van der Waals surface area contributed by atoms with Gasteiger partial charge in [0.05, 0.1) is 25.0 Å². The Bertz CT molecular complexity index is 618. The minimum atomic E-state index is -0.917. The molecular formula is C16H17NO5. The molecule has 1 aromatic heterocycles. The minimum Gasteiger partial charge on any atom is -0.467 e. The number of benzene rings is 1. The second-order valence-electron chi connectivity index (χ2n) is 4.70. The summed E-state index contributed by atoms with van der Waals surface area (Å²) in [5.41, 5.74) is 1.02. The van der Waals surface area contributed by atoms with E-state index in [4.69, 9.17) is 14.3 Å². The van der Waals surface area contributed by atoms with Crippen molar-refractivity contribution in [3.8, 4) is 0 Å². The molecule has 0 aliphatic heterocycles. The van der Waals surface area contributed by atoms with E-state index in [2.05, 4.69) is 5.32 Å². The molecule has 1 aromatic carbocycles. The van der Waals surface area contributed by atoms with Crippen LogP contribution in [0.2, 0.25) is 0 Å². The highest BCUT2D eigenvalue weighted by Gasteiger charge is 2.18. The number of furan rings is 1. The van der Waals surface area contributed by atoms with Crippen LogP contribution in [-0.4, -0.2) is 23.1 Å². The summed E-state index contributed by atoms with van der Waals surface area (Å²) in [5.74, 6) is -0.381. The average molecular weight is 303 g/mol. The molecule has 0 saturated heterocycles. The highest BCUT2D eigenvalue weighted by atomic mass is 16.5. The largest absolute Gasteiger partial charge is 0.467 e. The fourth-order valence-electron chi connectivity index (χ4n) is 1.76. The van der Waals surface area contributed by atoms with E-state index in [1.807, 2.05) is 0 Å². The lowest BCUT2D eigenvalue weighted by atomic mass is 10.1. The number of nitrogens with one attached hydrogen (secondary N) is 1. The van der Waals surface area contributed by atoms with Crippen molar-refractivity contribution in [3.63, 3.8) is 0 Å². The van der Waals surface area contributed by atoms with E-state index in [1.54, 1.807) is 36.4 Å². The van der Waals surface area contributed by atoms with E-state index in [0.29, 0.717) is 16.9 Å². The van der Waals surface area contributed by atoms with Crippen molar-refractivity contribution < 1.29 is 23.8 Å². The Hall–Kier alpha value is -2.60. The van der Waals surface area contributed by atoms with Crippen LogP contribution in [0.4, 0.5) is 0 Å². The number of rotatable bonds is 6. The standard InChI is InChI=1S/C16H17NO5/c1-11(15(19)17-9-14-3-2-8-21-14)22-16(20)13-6-4-12(10-18)5-7-13/h2-8,11,18H,9-10H2,1H3,(H,17,19)/t11-/m0/s1. The Balaban J connectivity index is 1.85. The van der Waals surface area contributed by atoms with Crippen LogP contribution < -0.4 is 5.32 Å². The monoisotopic (exact) mass is 303 g/mol.